The van der Waals surface area contributed by atoms with Crippen molar-refractivity contribution in [3.05, 3.63) is 48.6 Å². The van der Waals surface area contributed by atoms with E-state index in [0.29, 0.717) is 19.3 Å². The van der Waals surface area contributed by atoms with Crippen LogP contribution in [0.15, 0.2) is 48.6 Å². The van der Waals surface area contributed by atoms with Gasteiger partial charge < -0.3 is 14.2 Å². The molecule has 0 rings (SSSR count). The molecular weight excluding hydrogens is 877 g/mol. The van der Waals surface area contributed by atoms with Gasteiger partial charge in [-0.25, -0.2) is 0 Å². The number of carbonyl (C=O) groups excluding carboxylic acids is 3. The summed E-state index contributed by atoms with van der Waals surface area (Å²) >= 11 is 0. The monoisotopic (exact) mass is 995 g/mol. The molecular formula is C65H118O6. The lowest BCUT2D eigenvalue weighted by Crippen LogP contribution is -2.30. The van der Waals surface area contributed by atoms with Crippen LogP contribution in [-0.2, 0) is 28.6 Å². The summed E-state index contributed by atoms with van der Waals surface area (Å²) in [6.07, 6.45) is 74.5. The third kappa shape index (κ3) is 58.1. The average Bonchev–Trinajstić information content (AvgIpc) is 3.37. The van der Waals surface area contributed by atoms with E-state index < -0.39 is 6.10 Å². The predicted octanol–water partition coefficient (Wildman–Crippen LogP) is 21.0. The zero-order valence-corrected chi connectivity index (χ0v) is 47.5. The van der Waals surface area contributed by atoms with E-state index in [1.54, 1.807) is 0 Å². The largest absolute Gasteiger partial charge is 0.462 e. The summed E-state index contributed by atoms with van der Waals surface area (Å²) < 4.78 is 16.8. The van der Waals surface area contributed by atoms with Crippen LogP contribution >= 0.6 is 0 Å². The Kier molecular flexibility index (Phi) is 57.7. The van der Waals surface area contributed by atoms with Crippen molar-refractivity contribution < 1.29 is 28.6 Å². The highest BCUT2D eigenvalue weighted by molar-refractivity contribution is 5.71. The second kappa shape index (κ2) is 59.9. The van der Waals surface area contributed by atoms with Crippen LogP contribution in [-0.4, -0.2) is 37.2 Å². The number of carbonyl (C=O) groups is 3. The lowest BCUT2D eigenvalue weighted by atomic mass is 10.0. The van der Waals surface area contributed by atoms with Crippen LogP contribution in [0.25, 0.3) is 0 Å². The Morgan fingerprint density at radius 1 is 0.282 bits per heavy atom. The van der Waals surface area contributed by atoms with Gasteiger partial charge in [-0.3, -0.25) is 14.4 Å². The fourth-order valence-corrected chi connectivity index (χ4v) is 9.09. The van der Waals surface area contributed by atoms with Gasteiger partial charge in [0.25, 0.3) is 0 Å². The summed E-state index contributed by atoms with van der Waals surface area (Å²) in [7, 11) is 0. The molecule has 0 aliphatic carbocycles. The third-order valence-electron chi connectivity index (χ3n) is 13.8. The Hall–Kier alpha value is -2.63. The number of unbranched alkanes of at least 4 members (excludes halogenated alkanes) is 38. The SMILES string of the molecule is CCCCCCC/C=C\C/C=C\C/C=C\CCCCCCCCCCCCCCC(=O)OCC(COC(=O)CCCCCCC)OC(=O)CCCCCCCCCCC/C=C\CCCCCCCCCC. The van der Waals surface area contributed by atoms with E-state index in [1.165, 1.54) is 212 Å². The first-order chi connectivity index (χ1) is 35.0. The van der Waals surface area contributed by atoms with E-state index >= 15 is 0 Å². The van der Waals surface area contributed by atoms with Gasteiger partial charge in [0.2, 0.25) is 0 Å². The lowest BCUT2D eigenvalue weighted by Gasteiger charge is -2.18. The Morgan fingerprint density at radius 2 is 0.507 bits per heavy atom. The summed E-state index contributed by atoms with van der Waals surface area (Å²) in [5.74, 6) is -0.876. The first-order valence-electron chi connectivity index (χ1n) is 31.1. The molecule has 0 aromatic rings. The molecule has 0 saturated carbocycles. The van der Waals surface area contributed by atoms with E-state index in [9.17, 15) is 14.4 Å². The molecule has 1 atom stereocenters. The predicted molar refractivity (Wildman–Crippen MR) is 307 cm³/mol. The first-order valence-corrected chi connectivity index (χ1v) is 31.1. The van der Waals surface area contributed by atoms with E-state index in [4.69, 9.17) is 14.2 Å². The van der Waals surface area contributed by atoms with Gasteiger partial charge in [-0.15, -0.1) is 0 Å². The van der Waals surface area contributed by atoms with Crippen LogP contribution in [0.4, 0.5) is 0 Å². The van der Waals surface area contributed by atoms with Crippen molar-refractivity contribution >= 4 is 17.9 Å². The zero-order chi connectivity index (χ0) is 51.4. The van der Waals surface area contributed by atoms with Crippen LogP contribution in [0, 0.1) is 0 Å². The molecule has 0 aliphatic heterocycles. The van der Waals surface area contributed by atoms with Crippen molar-refractivity contribution in [2.75, 3.05) is 13.2 Å². The fourth-order valence-electron chi connectivity index (χ4n) is 9.09. The molecule has 1 unspecified atom stereocenters. The highest BCUT2D eigenvalue weighted by Gasteiger charge is 2.19. The molecule has 0 spiro atoms. The smallest absolute Gasteiger partial charge is 0.306 e. The van der Waals surface area contributed by atoms with Gasteiger partial charge >= 0.3 is 17.9 Å². The summed E-state index contributed by atoms with van der Waals surface area (Å²) in [4.78, 5) is 37.9. The van der Waals surface area contributed by atoms with Gasteiger partial charge in [0.1, 0.15) is 13.2 Å². The maximum Gasteiger partial charge on any atom is 0.306 e. The van der Waals surface area contributed by atoms with Crippen LogP contribution in [0.1, 0.15) is 329 Å². The van der Waals surface area contributed by atoms with E-state index in [2.05, 4.69) is 69.4 Å². The molecule has 414 valence electrons. The van der Waals surface area contributed by atoms with Crippen LogP contribution in [0.3, 0.4) is 0 Å². The Bertz CT molecular complexity index is 1230. The standard InChI is InChI=1S/C65H118O6/c1-4-7-10-13-15-17-19-21-23-25-27-29-30-31-32-33-34-36-37-39-41-43-45-47-49-52-55-58-64(67)70-61-62(60-69-63(66)57-54-51-12-9-6-3)71-65(68)59-56-53-50-48-46-44-42-40-38-35-28-26-24-22-20-18-16-14-11-8-5-2/h19,21,25-28,30-31,62H,4-18,20,22-24,29,32-61H2,1-3H3/b21-19-,27-25-,28-26-,31-30-. The summed E-state index contributed by atoms with van der Waals surface area (Å²) in [6, 6.07) is 0. The second-order valence-electron chi connectivity index (χ2n) is 21.0. The maximum absolute atomic E-state index is 12.8. The molecule has 0 fully saturated rings. The highest BCUT2D eigenvalue weighted by atomic mass is 16.6. The van der Waals surface area contributed by atoms with Gasteiger partial charge in [0, 0.05) is 19.3 Å². The Balaban J connectivity index is 4.03. The first kappa shape index (κ1) is 68.4. The highest BCUT2D eigenvalue weighted by Crippen LogP contribution is 2.16. The molecule has 6 heteroatoms. The van der Waals surface area contributed by atoms with Gasteiger partial charge in [-0.1, -0.05) is 275 Å². The van der Waals surface area contributed by atoms with Crippen molar-refractivity contribution in [1.29, 1.82) is 0 Å². The van der Waals surface area contributed by atoms with E-state index in [1.807, 2.05) is 0 Å². The van der Waals surface area contributed by atoms with Crippen molar-refractivity contribution in [2.45, 2.75) is 335 Å². The Morgan fingerprint density at radius 3 is 0.803 bits per heavy atom. The maximum atomic E-state index is 12.8. The van der Waals surface area contributed by atoms with Crippen molar-refractivity contribution in [1.82, 2.24) is 0 Å². The molecule has 0 radical (unpaired) electrons. The van der Waals surface area contributed by atoms with Gasteiger partial charge in [0.15, 0.2) is 6.10 Å². The van der Waals surface area contributed by atoms with Gasteiger partial charge in [-0.05, 0) is 83.5 Å². The molecule has 71 heavy (non-hydrogen) atoms. The molecule has 0 N–H and O–H groups in total. The topological polar surface area (TPSA) is 78.9 Å². The minimum atomic E-state index is -0.770. The summed E-state index contributed by atoms with van der Waals surface area (Å²) in [5.41, 5.74) is 0. The number of esters is 3. The average molecular weight is 996 g/mol. The van der Waals surface area contributed by atoms with Gasteiger partial charge in [0.05, 0.1) is 0 Å². The van der Waals surface area contributed by atoms with Crippen LogP contribution < -0.4 is 0 Å². The number of hydrogen-bond donors (Lipinski definition) is 0. The quantitative estimate of drug-likeness (QED) is 0.0261. The Labute approximate surface area is 441 Å². The second-order valence-corrected chi connectivity index (χ2v) is 21.0. The fraction of sp³-hybridized carbons (Fsp3) is 0.831. The molecule has 6 nitrogen and oxygen atoms in total. The number of rotatable bonds is 57. The molecule has 0 saturated heterocycles. The third-order valence-corrected chi connectivity index (χ3v) is 13.8. The minimum Gasteiger partial charge on any atom is -0.462 e. The number of ether oxygens (including phenoxy) is 3. The summed E-state index contributed by atoms with van der Waals surface area (Å²) in [6.45, 7) is 6.58. The van der Waals surface area contributed by atoms with Gasteiger partial charge in [-0.2, -0.15) is 0 Å². The molecule has 0 aliphatic rings. The normalized spacial score (nSPS) is 12.3. The molecule has 0 aromatic heterocycles. The van der Waals surface area contributed by atoms with Crippen molar-refractivity contribution in [3.8, 4) is 0 Å². The van der Waals surface area contributed by atoms with Crippen molar-refractivity contribution in [2.24, 2.45) is 0 Å². The minimum absolute atomic E-state index is 0.0728. The van der Waals surface area contributed by atoms with E-state index in [-0.39, 0.29) is 31.1 Å². The molecule has 0 heterocycles. The van der Waals surface area contributed by atoms with Crippen LogP contribution in [0.5, 0.6) is 0 Å². The van der Waals surface area contributed by atoms with Crippen molar-refractivity contribution in [3.63, 3.8) is 0 Å². The summed E-state index contributed by atoms with van der Waals surface area (Å²) in [5, 5.41) is 0. The zero-order valence-electron chi connectivity index (χ0n) is 47.5. The van der Waals surface area contributed by atoms with E-state index in [0.717, 1.165) is 77.0 Å². The molecule has 0 amide bonds. The number of allylic oxidation sites excluding steroid dienone is 8. The van der Waals surface area contributed by atoms with Crippen LogP contribution in [0.2, 0.25) is 0 Å². The number of hydrogen-bond acceptors (Lipinski definition) is 6. The molecule has 0 bridgehead atoms. The molecule has 0 aromatic carbocycles. The lowest BCUT2D eigenvalue weighted by molar-refractivity contribution is -0.167.